The molecule has 0 aliphatic carbocycles. The van der Waals surface area contributed by atoms with Gasteiger partial charge in [-0.3, -0.25) is 0 Å². The molecule has 2 aromatic rings. The van der Waals surface area contributed by atoms with Crippen molar-refractivity contribution in [3.05, 3.63) is 72.1 Å². The second-order valence-corrected chi connectivity index (χ2v) is 4.73. The van der Waals surface area contributed by atoms with Gasteiger partial charge in [0.15, 0.2) is 5.17 Å². The molecule has 0 amide bonds. The Morgan fingerprint density at radius 1 is 1.00 bits per heavy atom. The van der Waals surface area contributed by atoms with Crippen molar-refractivity contribution < 1.29 is 0 Å². The van der Waals surface area contributed by atoms with E-state index >= 15 is 0 Å². The molecule has 3 heteroatoms. The van der Waals surface area contributed by atoms with E-state index in [1.54, 1.807) is 11.8 Å². The Morgan fingerprint density at radius 2 is 1.63 bits per heavy atom. The Hall–Kier alpha value is -2.00. The number of anilines is 1. The SMILES string of the molecule is CC=CSC(=Nc1ccccc1)Nc1ccccc1. The summed E-state index contributed by atoms with van der Waals surface area (Å²) < 4.78 is 0. The number of hydrogen-bond donors (Lipinski definition) is 1. The number of nitrogens with one attached hydrogen (secondary N) is 1. The Labute approximate surface area is 118 Å². The minimum absolute atomic E-state index is 0.857. The van der Waals surface area contributed by atoms with Crippen molar-refractivity contribution >= 4 is 28.3 Å². The molecule has 0 aromatic heterocycles. The van der Waals surface area contributed by atoms with Gasteiger partial charge in [-0.25, -0.2) is 4.99 Å². The number of para-hydroxylation sites is 2. The molecule has 96 valence electrons. The van der Waals surface area contributed by atoms with Crippen LogP contribution in [-0.2, 0) is 0 Å². The van der Waals surface area contributed by atoms with Gasteiger partial charge in [0.05, 0.1) is 5.69 Å². The smallest absolute Gasteiger partial charge is 0.170 e. The molecule has 0 aliphatic rings. The van der Waals surface area contributed by atoms with Crippen LogP contribution in [0.15, 0.2) is 77.1 Å². The van der Waals surface area contributed by atoms with Gasteiger partial charge in [-0.05, 0) is 36.6 Å². The fraction of sp³-hybridized carbons (Fsp3) is 0.0625. The zero-order chi connectivity index (χ0) is 13.3. The number of thioether (sulfide) groups is 1. The molecule has 0 bridgehead atoms. The molecule has 0 saturated carbocycles. The Morgan fingerprint density at radius 3 is 2.26 bits per heavy atom. The van der Waals surface area contributed by atoms with E-state index in [1.165, 1.54) is 0 Å². The van der Waals surface area contributed by atoms with Crippen LogP contribution in [0.5, 0.6) is 0 Å². The van der Waals surface area contributed by atoms with Gasteiger partial charge in [-0.2, -0.15) is 0 Å². The summed E-state index contributed by atoms with van der Waals surface area (Å²) in [6, 6.07) is 20.0. The highest BCUT2D eigenvalue weighted by Crippen LogP contribution is 2.17. The van der Waals surface area contributed by atoms with Crippen LogP contribution < -0.4 is 5.32 Å². The van der Waals surface area contributed by atoms with Crippen molar-refractivity contribution in [2.45, 2.75) is 6.92 Å². The summed E-state index contributed by atoms with van der Waals surface area (Å²) in [6.07, 6.45) is 2.00. The van der Waals surface area contributed by atoms with E-state index in [2.05, 4.69) is 10.3 Å². The van der Waals surface area contributed by atoms with E-state index in [0.717, 1.165) is 16.5 Å². The number of hydrogen-bond acceptors (Lipinski definition) is 2. The Kier molecular flexibility index (Phi) is 5.26. The molecular formula is C16H16N2S. The van der Waals surface area contributed by atoms with Crippen LogP contribution in [0.1, 0.15) is 6.92 Å². The summed E-state index contributed by atoms with van der Waals surface area (Å²) in [5, 5.41) is 6.19. The van der Waals surface area contributed by atoms with Crippen LogP contribution >= 0.6 is 11.8 Å². The fourth-order valence-corrected chi connectivity index (χ4v) is 2.08. The fourth-order valence-electron chi connectivity index (χ4n) is 1.48. The van der Waals surface area contributed by atoms with Crippen LogP contribution in [-0.4, -0.2) is 5.17 Å². The van der Waals surface area contributed by atoms with Crippen LogP contribution in [0.3, 0.4) is 0 Å². The first-order valence-corrected chi connectivity index (χ1v) is 7.00. The van der Waals surface area contributed by atoms with Crippen LogP contribution in [0, 0.1) is 0 Å². The highest BCUT2D eigenvalue weighted by Gasteiger charge is 1.99. The summed E-state index contributed by atoms with van der Waals surface area (Å²) >= 11 is 1.57. The van der Waals surface area contributed by atoms with Gasteiger partial charge in [0.2, 0.25) is 0 Å². The molecule has 0 atom stereocenters. The monoisotopic (exact) mass is 268 g/mol. The van der Waals surface area contributed by atoms with Gasteiger partial charge in [0, 0.05) is 5.69 Å². The maximum atomic E-state index is 4.61. The van der Waals surface area contributed by atoms with Gasteiger partial charge in [0.25, 0.3) is 0 Å². The molecule has 2 nitrogen and oxygen atoms in total. The van der Waals surface area contributed by atoms with Crippen molar-refractivity contribution in [2.24, 2.45) is 4.99 Å². The van der Waals surface area contributed by atoms with E-state index in [9.17, 15) is 0 Å². The summed E-state index contributed by atoms with van der Waals surface area (Å²) in [5.74, 6) is 0. The number of rotatable bonds is 3. The summed E-state index contributed by atoms with van der Waals surface area (Å²) in [6.45, 7) is 2.00. The first-order valence-electron chi connectivity index (χ1n) is 6.12. The topological polar surface area (TPSA) is 24.4 Å². The molecular weight excluding hydrogens is 252 g/mol. The number of allylic oxidation sites excluding steroid dienone is 1. The predicted octanol–water partition coefficient (Wildman–Crippen LogP) is 5.05. The van der Waals surface area contributed by atoms with E-state index in [4.69, 9.17) is 0 Å². The highest BCUT2D eigenvalue weighted by molar-refractivity contribution is 8.16. The minimum atomic E-state index is 0.857. The molecule has 2 aromatic carbocycles. The van der Waals surface area contributed by atoms with E-state index in [1.807, 2.05) is 79.1 Å². The lowest BCUT2D eigenvalue weighted by Gasteiger charge is -2.07. The second kappa shape index (κ2) is 7.44. The van der Waals surface area contributed by atoms with Crippen LogP contribution in [0.2, 0.25) is 0 Å². The quantitative estimate of drug-likeness (QED) is 0.622. The summed E-state index contributed by atoms with van der Waals surface area (Å²) in [7, 11) is 0. The summed E-state index contributed by atoms with van der Waals surface area (Å²) in [4.78, 5) is 4.61. The molecule has 0 spiro atoms. The minimum Gasteiger partial charge on any atom is -0.334 e. The van der Waals surface area contributed by atoms with Gasteiger partial charge in [-0.1, -0.05) is 54.2 Å². The zero-order valence-corrected chi connectivity index (χ0v) is 11.6. The maximum Gasteiger partial charge on any atom is 0.170 e. The molecule has 0 heterocycles. The lowest BCUT2D eigenvalue weighted by molar-refractivity contribution is 1.51. The van der Waals surface area contributed by atoms with Crippen LogP contribution in [0.4, 0.5) is 11.4 Å². The molecule has 0 fully saturated rings. The van der Waals surface area contributed by atoms with Gasteiger partial charge < -0.3 is 5.32 Å². The third-order valence-corrected chi connectivity index (χ3v) is 3.15. The zero-order valence-electron chi connectivity index (χ0n) is 10.8. The van der Waals surface area contributed by atoms with Crippen molar-refractivity contribution in [3.63, 3.8) is 0 Å². The van der Waals surface area contributed by atoms with E-state index in [0.29, 0.717) is 0 Å². The Balaban J connectivity index is 2.18. The second-order valence-electron chi connectivity index (χ2n) is 3.83. The van der Waals surface area contributed by atoms with Crippen LogP contribution in [0.25, 0.3) is 0 Å². The van der Waals surface area contributed by atoms with Gasteiger partial charge in [0.1, 0.15) is 0 Å². The number of amidine groups is 1. The van der Waals surface area contributed by atoms with Gasteiger partial charge >= 0.3 is 0 Å². The molecule has 0 aliphatic heterocycles. The number of aliphatic imine (C=N–C) groups is 1. The third kappa shape index (κ3) is 4.64. The van der Waals surface area contributed by atoms with Gasteiger partial charge in [-0.15, -0.1) is 0 Å². The van der Waals surface area contributed by atoms with Crippen molar-refractivity contribution in [3.8, 4) is 0 Å². The molecule has 0 unspecified atom stereocenters. The van der Waals surface area contributed by atoms with E-state index < -0.39 is 0 Å². The average Bonchev–Trinajstić information content (AvgIpc) is 2.47. The molecule has 0 radical (unpaired) electrons. The lowest BCUT2D eigenvalue weighted by Crippen LogP contribution is -2.06. The molecule has 1 N–H and O–H groups in total. The number of nitrogens with zero attached hydrogens (tertiary/aromatic N) is 1. The maximum absolute atomic E-state index is 4.61. The highest BCUT2D eigenvalue weighted by atomic mass is 32.2. The third-order valence-electron chi connectivity index (χ3n) is 2.33. The molecule has 19 heavy (non-hydrogen) atoms. The van der Waals surface area contributed by atoms with Crippen molar-refractivity contribution in [1.29, 1.82) is 0 Å². The predicted molar refractivity (Wildman–Crippen MR) is 86.0 cm³/mol. The average molecular weight is 268 g/mol. The standard InChI is InChI=1S/C16H16N2S/c1-2-13-19-16(17-14-9-5-3-6-10-14)18-15-11-7-4-8-12-15/h2-13H,1H3,(H,17,18). The first kappa shape index (κ1) is 13.4. The largest absolute Gasteiger partial charge is 0.334 e. The molecule has 2 rings (SSSR count). The Bertz CT molecular complexity index is 547. The lowest BCUT2D eigenvalue weighted by atomic mass is 10.3. The summed E-state index contributed by atoms with van der Waals surface area (Å²) in [5.41, 5.74) is 1.98. The first-order chi connectivity index (χ1) is 9.38. The normalized spacial score (nSPS) is 11.7. The van der Waals surface area contributed by atoms with E-state index in [-0.39, 0.29) is 0 Å². The van der Waals surface area contributed by atoms with Crippen molar-refractivity contribution in [2.75, 3.05) is 5.32 Å². The number of benzene rings is 2. The molecule has 0 saturated heterocycles. The van der Waals surface area contributed by atoms with Crippen molar-refractivity contribution in [1.82, 2.24) is 0 Å².